The number of ether oxygens (including phenoxy) is 2. The van der Waals surface area contributed by atoms with Crippen molar-refractivity contribution in [3.8, 4) is 0 Å². The number of aliphatic hydroxyl groups excluding tert-OH is 1. The van der Waals surface area contributed by atoms with Crippen molar-refractivity contribution in [1.29, 1.82) is 0 Å². The molecule has 0 spiro atoms. The van der Waals surface area contributed by atoms with Crippen molar-refractivity contribution in [2.45, 2.75) is 25.1 Å². The van der Waals surface area contributed by atoms with Crippen LogP contribution in [-0.2, 0) is 23.9 Å². The molecule has 30 heavy (non-hydrogen) atoms. The largest absolute Gasteiger partial charge is 0.378 e. The van der Waals surface area contributed by atoms with E-state index < -0.39 is 35.9 Å². The van der Waals surface area contributed by atoms with E-state index in [1.165, 1.54) is 0 Å². The predicted molar refractivity (Wildman–Crippen MR) is 113 cm³/mol. The van der Waals surface area contributed by atoms with Gasteiger partial charge in [-0.05, 0) is 12.5 Å². The number of nitrogens with zero attached hydrogens (tertiary/aromatic N) is 1. The molecule has 0 radical (unpaired) electrons. The number of amides is 4. The molecule has 1 saturated heterocycles. The van der Waals surface area contributed by atoms with Gasteiger partial charge in [0.05, 0.1) is 31.1 Å². The second kappa shape index (κ2) is 10.3. The van der Waals surface area contributed by atoms with Crippen LogP contribution in [0.1, 0.15) is 35.0 Å². The third-order valence-electron chi connectivity index (χ3n) is 4.73. The molecule has 0 saturated carbocycles. The highest BCUT2D eigenvalue weighted by Crippen LogP contribution is 2.38. The van der Waals surface area contributed by atoms with Crippen molar-refractivity contribution in [2.75, 3.05) is 36.2 Å². The first-order valence-electron chi connectivity index (χ1n) is 9.42. The fourth-order valence-electron chi connectivity index (χ4n) is 3.40. The summed E-state index contributed by atoms with van der Waals surface area (Å²) >= 11 is 2.19. The van der Waals surface area contributed by atoms with Gasteiger partial charge in [0, 0.05) is 16.4 Å². The molecule has 0 bridgehead atoms. The van der Waals surface area contributed by atoms with Crippen LogP contribution in [0.2, 0.25) is 0 Å². The zero-order valence-corrected chi connectivity index (χ0v) is 18.2. The number of alkyl halides is 1. The van der Waals surface area contributed by atoms with E-state index in [0.29, 0.717) is 13.2 Å². The Kier molecular flexibility index (Phi) is 7.75. The maximum atomic E-state index is 13.0. The molecule has 10 nitrogen and oxygen atoms in total. The first-order chi connectivity index (χ1) is 14.4. The van der Waals surface area contributed by atoms with Crippen molar-refractivity contribution in [1.82, 2.24) is 10.2 Å². The van der Waals surface area contributed by atoms with Gasteiger partial charge in [-0.3, -0.25) is 29.4 Å². The van der Waals surface area contributed by atoms with Crippen molar-refractivity contribution >= 4 is 51.9 Å². The monoisotopic (exact) mass is 531 g/mol. The van der Waals surface area contributed by atoms with Gasteiger partial charge in [0.25, 0.3) is 5.91 Å². The highest BCUT2D eigenvalue weighted by molar-refractivity contribution is 14.1. The number of hydrogen-bond donors (Lipinski definition) is 3. The number of carbonyl (C=O) groups is 4. The van der Waals surface area contributed by atoms with Gasteiger partial charge >= 0.3 is 0 Å². The third-order valence-corrected chi connectivity index (χ3v) is 5.17. The number of anilines is 1. The Balaban J connectivity index is 1.66. The number of benzene rings is 1. The van der Waals surface area contributed by atoms with E-state index >= 15 is 0 Å². The second-order valence-electron chi connectivity index (χ2n) is 6.72. The molecule has 2 unspecified atom stereocenters. The molecule has 3 N–H and O–H groups in total. The minimum atomic E-state index is -1.35. The van der Waals surface area contributed by atoms with Crippen LogP contribution < -0.4 is 10.6 Å². The van der Waals surface area contributed by atoms with E-state index in [9.17, 15) is 24.3 Å². The van der Waals surface area contributed by atoms with Crippen LogP contribution in [0.3, 0.4) is 0 Å². The molecule has 0 aliphatic carbocycles. The van der Waals surface area contributed by atoms with Crippen LogP contribution in [0.5, 0.6) is 0 Å². The van der Waals surface area contributed by atoms with E-state index in [2.05, 4.69) is 33.2 Å². The van der Waals surface area contributed by atoms with Gasteiger partial charge in [0.15, 0.2) is 6.23 Å². The highest BCUT2D eigenvalue weighted by atomic mass is 127. The SMILES string of the molecule is O=C1CCC(N2C(=O)c3c(NC(=O)COCCOCCI)cccc3C2O)C(=O)N1. The number of hydrogen-bond acceptors (Lipinski definition) is 7. The molecule has 2 aliphatic rings. The van der Waals surface area contributed by atoms with E-state index in [4.69, 9.17) is 9.47 Å². The predicted octanol–water partition coefficient (Wildman–Crippen LogP) is 0.345. The number of halogens is 1. The van der Waals surface area contributed by atoms with Gasteiger partial charge < -0.3 is 19.9 Å². The Morgan fingerprint density at radius 3 is 2.73 bits per heavy atom. The lowest BCUT2D eigenvalue weighted by Crippen LogP contribution is -2.53. The zero-order chi connectivity index (χ0) is 21.7. The average molecular weight is 531 g/mol. The zero-order valence-electron chi connectivity index (χ0n) is 16.1. The van der Waals surface area contributed by atoms with E-state index in [-0.39, 0.29) is 42.9 Å². The van der Waals surface area contributed by atoms with Gasteiger partial charge in [-0.1, -0.05) is 34.7 Å². The maximum absolute atomic E-state index is 13.0. The third kappa shape index (κ3) is 4.96. The molecule has 0 aromatic heterocycles. The molecule has 4 amide bonds. The Morgan fingerprint density at radius 2 is 2.00 bits per heavy atom. The van der Waals surface area contributed by atoms with E-state index in [1.807, 2.05) is 0 Å². The van der Waals surface area contributed by atoms with Gasteiger partial charge in [0.2, 0.25) is 17.7 Å². The van der Waals surface area contributed by atoms with E-state index in [1.54, 1.807) is 18.2 Å². The summed E-state index contributed by atoms with van der Waals surface area (Å²) in [6.45, 7) is 1.03. The lowest BCUT2D eigenvalue weighted by Gasteiger charge is -2.31. The Morgan fingerprint density at radius 1 is 1.23 bits per heavy atom. The number of carbonyl (C=O) groups excluding carboxylic acids is 4. The summed E-state index contributed by atoms with van der Waals surface area (Å²) in [5.41, 5.74) is 0.630. The average Bonchev–Trinajstić information content (AvgIpc) is 2.96. The molecular formula is C19H22IN3O7. The normalized spacial score (nSPS) is 20.9. The van der Waals surface area contributed by atoms with E-state index in [0.717, 1.165) is 9.33 Å². The van der Waals surface area contributed by atoms with Crippen molar-refractivity contribution in [3.05, 3.63) is 29.3 Å². The lowest BCUT2D eigenvalue weighted by atomic mass is 10.0. The molecule has 1 fully saturated rings. The smallest absolute Gasteiger partial charge is 0.259 e. The molecule has 2 heterocycles. The fraction of sp³-hybridized carbons (Fsp3) is 0.474. The minimum Gasteiger partial charge on any atom is -0.378 e. The molecule has 11 heteroatoms. The molecule has 1 aromatic carbocycles. The van der Waals surface area contributed by atoms with Crippen LogP contribution in [-0.4, -0.2) is 70.5 Å². The van der Waals surface area contributed by atoms with Gasteiger partial charge in [-0.15, -0.1) is 0 Å². The van der Waals surface area contributed by atoms with Gasteiger partial charge in [-0.2, -0.15) is 0 Å². The fourth-order valence-corrected chi connectivity index (χ4v) is 3.71. The summed E-state index contributed by atoms with van der Waals surface area (Å²) in [5, 5.41) is 15.4. The number of aliphatic hydroxyl groups is 1. The minimum absolute atomic E-state index is 0.0751. The number of nitrogens with one attached hydrogen (secondary N) is 2. The van der Waals surface area contributed by atoms with Crippen LogP contribution >= 0.6 is 22.6 Å². The summed E-state index contributed by atoms with van der Waals surface area (Å²) in [5.74, 6) is -2.09. The highest BCUT2D eigenvalue weighted by Gasteiger charge is 2.45. The first kappa shape index (κ1) is 22.6. The Hall–Kier alpha value is -2.09. The molecule has 3 rings (SSSR count). The maximum Gasteiger partial charge on any atom is 0.259 e. The topological polar surface area (TPSA) is 134 Å². The Labute approximate surface area is 186 Å². The lowest BCUT2D eigenvalue weighted by molar-refractivity contribution is -0.139. The van der Waals surface area contributed by atoms with Crippen molar-refractivity contribution in [3.63, 3.8) is 0 Å². The van der Waals surface area contributed by atoms with Crippen molar-refractivity contribution in [2.24, 2.45) is 0 Å². The summed E-state index contributed by atoms with van der Waals surface area (Å²) in [6.07, 6.45) is -1.15. The quantitative estimate of drug-likeness (QED) is 0.181. The summed E-state index contributed by atoms with van der Waals surface area (Å²) < 4.78 is 11.4. The standard InChI is InChI=1S/C19H22IN3O7/c20-6-7-29-8-9-30-10-15(25)21-12-3-1-2-11-16(12)19(28)23(18(11)27)13-4-5-14(24)22-17(13)26/h1-3,13,18,27H,4-10H2,(H,21,25)(H,22,24,26). The van der Waals surface area contributed by atoms with Crippen molar-refractivity contribution < 1.29 is 33.8 Å². The number of rotatable bonds is 9. The number of imide groups is 1. The van der Waals surface area contributed by atoms with Crippen LogP contribution in [0.25, 0.3) is 0 Å². The van der Waals surface area contributed by atoms with Gasteiger partial charge in [-0.25, -0.2) is 0 Å². The molecule has 2 aliphatic heterocycles. The molecule has 162 valence electrons. The number of piperidine rings is 1. The second-order valence-corrected chi connectivity index (χ2v) is 7.80. The molecular weight excluding hydrogens is 509 g/mol. The summed E-state index contributed by atoms with van der Waals surface area (Å²) in [7, 11) is 0. The van der Waals surface area contributed by atoms with Crippen LogP contribution in [0.15, 0.2) is 18.2 Å². The molecule has 2 atom stereocenters. The Bertz CT molecular complexity index is 847. The van der Waals surface area contributed by atoms with Gasteiger partial charge in [0.1, 0.15) is 12.6 Å². The first-order valence-corrected chi connectivity index (χ1v) is 10.9. The molecule has 1 aromatic rings. The number of fused-ring (bicyclic) bond motifs is 1. The summed E-state index contributed by atoms with van der Waals surface area (Å²) in [6, 6.07) is 3.73. The summed E-state index contributed by atoms with van der Waals surface area (Å²) in [4.78, 5) is 49.8. The van der Waals surface area contributed by atoms with Crippen LogP contribution in [0.4, 0.5) is 5.69 Å². The van der Waals surface area contributed by atoms with Crippen LogP contribution in [0, 0.1) is 0 Å².